The Morgan fingerprint density at radius 2 is 1.66 bits per heavy atom. The van der Waals surface area contributed by atoms with E-state index in [0.29, 0.717) is 19.5 Å². The molecule has 0 saturated carbocycles. The van der Waals surface area contributed by atoms with Crippen LogP contribution in [0.5, 0.6) is 0 Å². The molecule has 2 aromatic rings. The molecule has 1 fully saturated rings. The van der Waals surface area contributed by atoms with Crippen LogP contribution in [0.1, 0.15) is 17.5 Å². The highest BCUT2D eigenvalue weighted by molar-refractivity contribution is 6.10. The van der Waals surface area contributed by atoms with Crippen LogP contribution >= 0.6 is 0 Å². The van der Waals surface area contributed by atoms with Gasteiger partial charge in [0, 0.05) is 39.3 Å². The third-order valence-electron chi connectivity index (χ3n) is 6.11. The third-order valence-corrected chi connectivity index (χ3v) is 6.11. The number of carbonyl (C=O) groups is 3. The zero-order valence-corrected chi connectivity index (χ0v) is 16.8. The van der Waals surface area contributed by atoms with Gasteiger partial charge in [0.05, 0.1) is 12.0 Å². The summed E-state index contributed by atoms with van der Waals surface area (Å²) in [5.74, 6) is -0.297. The summed E-state index contributed by atoms with van der Waals surface area (Å²) in [6.07, 6.45) is 0.501. The first-order chi connectivity index (χ1) is 13.9. The van der Waals surface area contributed by atoms with Crippen molar-refractivity contribution in [3.8, 4) is 0 Å². The van der Waals surface area contributed by atoms with Gasteiger partial charge in [-0.25, -0.2) is 0 Å². The molecule has 0 aromatic heterocycles. The summed E-state index contributed by atoms with van der Waals surface area (Å²) >= 11 is 0. The molecule has 1 unspecified atom stereocenters. The van der Waals surface area contributed by atoms with E-state index in [9.17, 15) is 14.4 Å². The highest BCUT2D eigenvalue weighted by Crippen LogP contribution is 2.45. The fraction of sp³-hybridized carbons (Fsp3) is 0.348. The molecule has 3 amide bonds. The van der Waals surface area contributed by atoms with E-state index in [1.807, 2.05) is 54.6 Å². The molecule has 2 aliphatic rings. The number of carbonyl (C=O) groups excluding carboxylic acids is 3. The van der Waals surface area contributed by atoms with Crippen molar-refractivity contribution in [1.82, 2.24) is 9.80 Å². The maximum absolute atomic E-state index is 13.5. The van der Waals surface area contributed by atoms with E-state index in [1.165, 1.54) is 0 Å². The summed E-state index contributed by atoms with van der Waals surface area (Å²) in [4.78, 5) is 43.7. The quantitative estimate of drug-likeness (QED) is 0.799. The maximum Gasteiger partial charge on any atom is 0.241 e. The van der Waals surface area contributed by atoms with Gasteiger partial charge in [0.15, 0.2) is 0 Å². The van der Waals surface area contributed by atoms with Crippen LogP contribution < -0.4 is 4.90 Å². The Hall–Kier alpha value is -3.15. The fourth-order valence-corrected chi connectivity index (χ4v) is 4.41. The number of hydrogen-bond donors (Lipinski definition) is 0. The number of piperazine rings is 1. The smallest absolute Gasteiger partial charge is 0.241 e. The van der Waals surface area contributed by atoms with Crippen LogP contribution in [0.2, 0.25) is 0 Å². The number of para-hydroxylation sites is 1. The van der Waals surface area contributed by atoms with E-state index in [0.717, 1.165) is 16.8 Å². The highest BCUT2D eigenvalue weighted by Gasteiger charge is 2.51. The molecule has 0 aliphatic carbocycles. The Labute approximate surface area is 170 Å². The van der Waals surface area contributed by atoms with Crippen LogP contribution in [0.4, 0.5) is 5.69 Å². The molecule has 0 N–H and O–H groups in total. The third kappa shape index (κ3) is 3.28. The SMILES string of the molecule is CN1CCN(C(=O)CC2(Cc3ccccc3)C(=O)N(C)c3ccccc32)CC1=O. The number of rotatable bonds is 4. The minimum Gasteiger partial charge on any atom is -0.342 e. The van der Waals surface area contributed by atoms with Gasteiger partial charge in [0.2, 0.25) is 17.7 Å². The van der Waals surface area contributed by atoms with Gasteiger partial charge in [-0.05, 0) is 23.6 Å². The lowest BCUT2D eigenvalue weighted by atomic mass is 9.73. The topological polar surface area (TPSA) is 60.9 Å². The Morgan fingerprint density at radius 3 is 2.38 bits per heavy atom. The average molecular weight is 391 g/mol. The van der Waals surface area contributed by atoms with Crippen molar-refractivity contribution < 1.29 is 14.4 Å². The molecule has 6 nitrogen and oxygen atoms in total. The predicted molar refractivity (Wildman–Crippen MR) is 111 cm³/mol. The van der Waals surface area contributed by atoms with Gasteiger partial charge in [-0.3, -0.25) is 14.4 Å². The minimum atomic E-state index is -0.962. The van der Waals surface area contributed by atoms with Gasteiger partial charge < -0.3 is 14.7 Å². The molecule has 2 heterocycles. The average Bonchev–Trinajstić information content (AvgIpc) is 2.93. The summed E-state index contributed by atoms with van der Waals surface area (Å²) in [5.41, 5.74) is 1.77. The van der Waals surface area contributed by atoms with Gasteiger partial charge >= 0.3 is 0 Å². The van der Waals surface area contributed by atoms with Gasteiger partial charge in [0.1, 0.15) is 0 Å². The molecule has 0 radical (unpaired) electrons. The second-order valence-electron chi connectivity index (χ2n) is 7.93. The van der Waals surface area contributed by atoms with E-state index in [2.05, 4.69) is 0 Å². The van der Waals surface area contributed by atoms with Crippen molar-refractivity contribution in [2.24, 2.45) is 0 Å². The molecule has 29 heavy (non-hydrogen) atoms. The number of likely N-dealkylation sites (N-methyl/N-ethyl adjacent to an activating group) is 2. The zero-order chi connectivity index (χ0) is 20.6. The van der Waals surface area contributed by atoms with Crippen molar-refractivity contribution in [1.29, 1.82) is 0 Å². The Morgan fingerprint density at radius 1 is 0.966 bits per heavy atom. The van der Waals surface area contributed by atoms with E-state index in [1.54, 1.807) is 28.8 Å². The van der Waals surface area contributed by atoms with Gasteiger partial charge in [-0.15, -0.1) is 0 Å². The molecule has 2 aromatic carbocycles. The number of fused-ring (bicyclic) bond motifs is 1. The fourth-order valence-electron chi connectivity index (χ4n) is 4.41. The predicted octanol–water partition coefficient (Wildman–Crippen LogP) is 1.83. The normalized spacial score (nSPS) is 21.5. The Kier molecular flexibility index (Phi) is 4.86. The largest absolute Gasteiger partial charge is 0.342 e. The monoisotopic (exact) mass is 391 g/mol. The number of amides is 3. The van der Waals surface area contributed by atoms with Crippen LogP contribution in [0, 0.1) is 0 Å². The first kappa shape index (κ1) is 19.2. The molecular formula is C23H25N3O3. The number of nitrogens with zero attached hydrogens (tertiary/aromatic N) is 3. The number of anilines is 1. The van der Waals surface area contributed by atoms with Crippen molar-refractivity contribution >= 4 is 23.4 Å². The van der Waals surface area contributed by atoms with E-state index < -0.39 is 5.41 Å². The van der Waals surface area contributed by atoms with Crippen molar-refractivity contribution in [2.75, 3.05) is 38.6 Å². The summed E-state index contributed by atoms with van der Waals surface area (Å²) in [5, 5.41) is 0. The second kappa shape index (κ2) is 7.35. The molecular weight excluding hydrogens is 366 g/mol. The van der Waals surface area contributed by atoms with Crippen molar-refractivity contribution in [2.45, 2.75) is 18.3 Å². The number of hydrogen-bond acceptors (Lipinski definition) is 3. The lowest BCUT2D eigenvalue weighted by Crippen LogP contribution is -2.53. The Balaban J connectivity index is 1.71. The lowest BCUT2D eigenvalue weighted by Gasteiger charge is -2.35. The van der Waals surface area contributed by atoms with E-state index in [-0.39, 0.29) is 30.7 Å². The first-order valence-corrected chi connectivity index (χ1v) is 9.86. The van der Waals surface area contributed by atoms with Crippen LogP contribution in [0.25, 0.3) is 0 Å². The zero-order valence-electron chi connectivity index (χ0n) is 16.8. The molecule has 2 aliphatic heterocycles. The van der Waals surface area contributed by atoms with Crippen LogP contribution in [0.15, 0.2) is 54.6 Å². The van der Waals surface area contributed by atoms with Crippen LogP contribution in [-0.4, -0.2) is 61.3 Å². The molecule has 0 bridgehead atoms. The molecule has 4 rings (SSSR count). The number of benzene rings is 2. The maximum atomic E-state index is 13.5. The summed E-state index contributed by atoms with van der Waals surface area (Å²) in [6.45, 7) is 1.08. The molecule has 6 heteroatoms. The van der Waals surface area contributed by atoms with Gasteiger partial charge in [-0.1, -0.05) is 48.5 Å². The minimum absolute atomic E-state index is 0.0546. The standard InChI is InChI=1S/C23H25N3O3/c1-24-12-13-26(16-21(24)28)20(27)15-23(14-17-8-4-3-5-9-17)18-10-6-7-11-19(18)25(2)22(23)29/h3-11H,12-16H2,1-2H3. The van der Waals surface area contributed by atoms with Crippen molar-refractivity contribution in [3.05, 3.63) is 65.7 Å². The lowest BCUT2D eigenvalue weighted by molar-refractivity contribution is -0.145. The summed E-state index contributed by atoms with van der Waals surface area (Å²) in [7, 11) is 3.50. The molecule has 150 valence electrons. The van der Waals surface area contributed by atoms with Crippen LogP contribution in [-0.2, 0) is 26.2 Å². The first-order valence-electron chi connectivity index (χ1n) is 9.86. The summed E-state index contributed by atoms with van der Waals surface area (Å²) < 4.78 is 0. The molecule has 1 atom stereocenters. The molecule has 1 saturated heterocycles. The van der Waals surface area contributed by atoms with Gasteiger partial charge in [-0.2, -0.15) is 0 Å². The van der Waals surface area contributed by atoms with E-state index >= 15 is 0 Å². The second-order valence-corrected chi connectivity index (χ2v) is 7.93. The molecule has 0 spiro atoms. The summed E-state index contributed by atoms with van der Waals surface area (Å²) in [6, 6.07) is 17.5. The highest BCUT2D eigenvalue weighted by atomic mass is 16.2. The van der Waals surface area contributed by atoms with Crippen LogP contribution in [0.3, 0.4) is 0 Å². The van der Waals surface area contributed by atoms with E-state index in [4.69, 9.17) is 0 Å². The van der Waals surface area contributed by atoms with Crippen molar-refractivity contribution in [3.63, 3.8) is 0 Å². The Bertz CT molecular complexity index is 959. The van der Waals surface area contributed by atoms with Gasteiger partial charge in [0.25, 0.3) is 0 Å².